The van der Waals surface area contributed by atoms with E-state index < -0.39 is 0 Å². The van der Waals surface area contributed by atoms with Crippen LogP contribution in [-0.4, -0.2) is 26.0 Å². The van der Waals surface area contributed by atoms with Crippen LogP contribution < -0.4 is 11.3 Å². The predicted octanol–water partition coefficient (Wildman–Crippen LogP) is 1.96. The third-order valence-electron chi connectivity index (χ3n) is 3.99. The molecule has 0 radical (unpaired) electrons. The first-order valence-corrected chi connectivity index (χ1v) is 7.98. The van der Waals surface area contributed by atoms with Crippen molar-refractivity contribution < 1.29 is 9.90 Å². The number of aromatic nitrogens is 3. The minimum atomic E-state index is -0.319. The average molecular weight is 339 g/mol. The number of hydrazine groups is 1. The van der Waals surface area contributed by atoms with E-state index in [0.717, 1.165) is 16.6 Å². The third-order valence-corrected chi connectivity index (χ3v) is 3.99. The third kappa shape index (κ3) is 3.32. The van der Waals surface area contributed by atoms with E-state index in [0.29, 0.717) is 11.3 Å². The summed E-state index contributed by atoms with van der Waals surface area (Å²) in [5.41, 5.74) is 5.13. The highest BCUT2D eigenvalue weighted by atomic mass is 16.3. The lowest BCUT2D eigenvalue weighted by Crippen LogP contribution is -2.31. The Morgan fingerprint density at radius 1 is 1.20 bits per heavy atom. The fraction of sp³-hybridized carbons (Fsp3) is 0.278. The van der Waals surface area contributed by atoms with Gasteiger partial charge in [0.05, 0.1) is 6.42 Å². The maximum Gasteiger partial charge on any atom is 0.238 e. The summed E-state index contributed by atoms with van der Waals surface area (Å²) in [6.45, 7) is 5.98. The Morgan fingerprint density at radius 3 is 2.32 bits per heavy atom. The Labute approximate surface area is 145 Å². The number of benzene rings is 2. The number of carbonyl (C=O) groups is 1. The topological polar surface area (TPSA) is 106 Å². The van der Waals surface area contributed by atoms with Crippen LogP contribution >= 0.6 is 0 Å². The Hall–Kier alpha value is -2.93. The van der Waals surface area contributed by atoms with Crippen molar-refractivity contribution in [3.63, 3.8) is 0 Å². The maximum atomic E-state index is 11.7. The lowest BCUT2D eigenvalue weighted by Gasteiger charge is -2.23. The molecule has 4 N–H and O–H groups in total. The lowest BCUT2D eigenvalue weighted by atomic mass is 9.84. The number of aromatic hydroxyl groups is 1. The summed E-state index contributed by atoms with van der Waals surface area (Å²) in [4.78, 5) is 13.1. The molecule has 1 heterocycles. The summed E-state index contributed by atoms with van der Waals surface area (Å²) < 4.78 is 0. The van der Waals surface area contributed by atoms with Gasteiger partial charge < -0.3 is 5.11 Å². The lowest BCUT2D eigenvalue weighted by molar-refractivity contribution is -0.120. The molecule has 7 nitrogen and oxygen atoms in total. The number of rotatable bonds is 3. The summed E-state index contributed by atoms with van der Waals surface area (Å²) >= 11 is 0. The highest BCUT2D eigenvalue weighted by molar-refractivity contribution is 5.78. The second kappa shape index (κ2) is 6.18. The highest BCUT2D eigenvalue weighted by Gasteiger charge is 2.23. The molecule has 1 amide bonds. The van der Waals surface area contributed by atoms with Gasteiger partial charge in [0.25, 0.3) is 0 Å². The molecule has 3 rings (SSSR count). The van der Waals surface area contributed by atoms with Crippen molar-refractivity contribution >= 4 is 16.9 Å². The van der Waals surface area contributed by atoms with Crippen molar-refractivity contribution in [2.75, 3.05) is 0 Å². The number of amides is 1. The van der Waals surface area contributed by atoms with Crippen LogP contribution in [0.2, 0.25) is 0 Å². The zero-order valence-corrected chi connectivity index (χ0v) is 14.4. The molecule has 0 spiro atoms. The first-order valence-electron chi connectivity index (χ1n) is 7.98. The number of phenols is 1. The number of nitrogens with one attached hydrogen (secondary N) is 1. The zero-order chi connectivity index (χ0) is 18.2. The standard InChI is InChI=1S/C18H21N5O2/c1-18(2,3)12-8-11(10-16(24)20-19)9-15(17(12)25)23-21-13-6-4-5-7-14(13)22-23/h4-9,25H,10,19H2,1-3H3,(H,20,24). The smallest absolute Gasteiger partial charge is 0.238 e. The normalized spacial score (nSPS) is 11.7. The largest absolute Gasteiger partial charge is 0.505 e. The molecule has 0 saturated heterocycles. The van der Waals surface area contributed by atoms with Crippen LogP contribution in [0, 0.1) is 0 Å². The van der Waals surface area contributed by atoms with Crippen molar-refractivity contribution in [2.24, 2.45) is 5.84 Å². The number of fused-ring (bicyclic) bond motifs is 1. The van der Waals surface area contributed by atoms with Gasteiger partial charge in [-0.25, -0.2) is 5.84 Å². The molecule has 0 bridgehead atoms. The molecule has 0 aliphatic rings. The molecule has 0 saturated carbocycles. The fourth-order valence-corrected chi connectivity index (χ4v) is 2.71. The van der Waals surface area contributed by atoms with Crippen LogP contribution in [0.15, 0.2) is 36.4 Å². The van der Waals surface area contributed by atoms with Gasteiger partial charge in [0.15, 0.2) is 0 Å². The summed E-state index contributed by atoms with van der Waals surface area (Å²) in [7, 11) is 0. The monoisotopic (exact) mass is 339 g/mol. The first-order chi connectivity index (χ1) is 11.8. The molecule has 0 aliphatic heterocycles. The number of phenolic OH excluding ortho intramolecular Hbond substituents is 1. The zero-order valence-electron chi connectivity index (χ0n) is 14.4. The van der Waals surface area contributed by atoms with Gasteiger partial charge in [-0.1, -0.05) is 39.0 Å². The molecule has 130 valence electrons. The number of nitrogens with zero attached hydrogens (tertiary/aromatic N) is 3. The SMILES string of the molecule is CC(C)(C)c1cc(CC(=O)NN)cc(-n2nc3ccccc3n2)c1O. The summed E-state index contributed by atoms with van der Waals surface area (Å²) in [6.07, 6.45) is 0.105. The van der Waals surface area contributed by atoms with Crippen molar-refractivity contribution in [3.05, 3.63) is 47.5 Å². The summed E-state index contributed by atoms with van der Waals surface area (Å²) in [5, 5.41) is 19.6. The van der Waals surface area contributed by atoms with Crippen molar-refractivity contribution in [3.8, 4) is 11.4 Å². The molecule has 0 aliphatic carbocycles. The highest BCUT2D eigenvalue weighted by Crippen LogP contribution is 2.36. The number of carbonyl (C=O) groups excluding carboxylic acids is 1. The molecule has 25 heavy (non-hydrogen) atoms. The second-order valence-corrected chi connectivity index (χ2v) is 6.98. The minimum absolute atomic E-state index is 0.102. The van der Waals surface area contributed by atoms with Crippen LogP contribution in [0.1, 0.15) is 31.9 Å². The molecule has 2 aromatic carbocycles. The van der Waals surface area contributed by atoms with Crippen molar-refractivity contribution in [1.82, 2.24) is 20.4 Å². The summed E-state index contributed by atoms with van der Waals surface area (Å²) in [5.74, 6) is 4.99. The Balaban J connectivity index is 2.19. The van der Waals surface area contributed by atoms with Gasteiger partial charge >= 0.3 is 0 Å². The second-order valence-electron chi connectivity index (χ2n) is 6.98. The fourth-order valence-electron chi connectivity index (χ4n) is 2.71. The molecule has 7 heteroatoms. The van der Waals surface area contributed by atoms with Crippen LogP contribution in [0.4, 0.5) is 0 Å². The van der Waals surface area contributed by atoms with Crippen molar-refractivity contribution in [1.29, 1.82) is 0 Å². The van der Waals surface area contributed by atoms with E-state index in [1.165, 1.54) is 4.80 Å². The average Bonchev–Trinajstić information content (AvgIpc) is 2.98. The molecule has 3 aromatic rings. The van der Waals surface area contributed by atoms with Gasteiger partial charge in [-0.05, 0) is 29.2 Å². The quantitative estimate of drug-likeness (QED) is 0.384. The van der Waals surface area contributed by atoms with Gasteiger partial charge in [-0.3, -0.25) is 10.2 Å². The van der Waals surface area contributed by atoms with Crippen LogP contribution in [0.5, 0.6) is 5.75 Å². The molecular weight excluding hydrogens is 318 g/mol. The Kier molecular flexibility index (Phi) is 4.18. The molecular formula is C18H21N5O2. The van der Waals surface area contributed by atoms with E-state index >= 15 is 0 Å². The number of nitrogens with two attached hydrogens (primary N) is 1. The van der Waals surface area contributed by atoms with Gasteiger partial charge in [0.2, 0.25) is 5.91 Å². The van der Waals surface area contributed by atoms with Crippen LogP contribution in [0.3, 0.4) is 0 Å². The Bertz CT molecular complexity index is 907. The Morgan fingerprint density at radius 2 is 1.80 bits per heavy atom. The van der Waals surface area contributed by atoms with E-state index in [4.69, 9.17) is 5.84 Å². The van der Waals surface area contributed by atoms with Gasteiger partial charge in [-0.2, -0.15) is 0 Å². The minimum Gasteiger partial charge on any atom is -0.505 e. The van der Waals surface area contributed by atoms with E-state index in [1.807, 2.05) is 51.1 Å². The van der Waals surface area contributed by atoms with Gasteiger partial charge in [-0.15, -0.1) is 15.0 Å². The van der Waals surface area contributed by atoms with E-state index in [-0.39, 0.29) is 23.5 Å². The molecule has 0 fully saturated rings. The van der Waals surface area contributed by atoms with Crippen molar-refractivity contribution in [2.45, 2.75) is 32.6 Å². The molecule has 0 atom stereocenters. The van der Waals surface area contributed by atoms with E-state index in [9.17, 15) is 9.90 Å². The van der Waals surface area contributed by atoms with E-state index in [2.05, 4.69) is 15.6 Å². The van der Waals surface area contributed by atoms with Crippen LogP contribution in [-0.2, 0) is 16.6 Å². The number of hydrogen-bond donors (Lipinski definition) is 3. The van der Waals surface area contributed by atoms with Crippen LogP contribution in [0.25, 0.3) is 16.7 Å². The summed E-state index contributed by atoms with van der Waals surface area (Å²) in [6, 6.07) is 11.0. The molecule has 1 aromatic heterocycles. The molecule has 0 unspecified atom stereocenters. The first kappa shape index (κ1) is 16.9. The van der Waals surface area contributed by atoms with Gasteiger partial charge in [0, 0.05) is 5.56 Å². The predicted molar refractivity (Wildman–Crippen MR) is 95.3 cm³/mol. The number of hydrogen-bond acceptors (Lipinski definition) is 5. The van der Waals surface area contributed by atoms with Gasteiger partial charge in [0.1, 0.15) is 22.5 Å². The maximum absolute atomic E-state index is 11.7. The van der Waals surface area contributed by atoms with E-state index in [1.54, 1.807) is 6.07 Å².